The Labute approximate surface area is 143 Å². The highest BCUT2D eigenvalue weighted by Gasteiger charge is 2.27. The van der Waals surface area contributed by atoms with E-state index in [4.69, 9.17) is 9.84 Å². The van der Waals surface area contributed by atoms with Crippen LogP contribution in [0.25, 0.3) is 0 Å². The fraction of sp³-hybridized carbons (Fsp3) is 0.556. The molecule has 0 bridgehead atoms. The lowest BCUT2D eigenvalue weighted by Crippen LogP contribution is -2.49. The molecule has 1 amide bonds. The molecule has 1 aromatic rings. The van der Waals surface area contributed by atoms with Crippen LogP contribution in [0.15, 0.2) is 12.1 Å². The van der Waals surface area contributed by atoms with Crippen molar-refractivity contribution in [2.45, 2.75) is 26.9 Å². The number of ether oxygens (including phenoxy) is 1. The standard InChI is InChI=1S/C18H26N2O4/c1-12-7-13(2)17(14(3)8-12)18(23)20-5-6-24-15(10-20)9-19(4)11-16(21)22/h7-8,15H,5-6,9-11H2,1-4H3,(H,21,22). The molecule has 1 aromatic carbocycles. The number of hydrogen-bond acceptors (Lipinski definition) is 4. The SMILES string of the molecule is Cc1cc(C)c(C(=O)N2CCOC(CN(C)CC(=O)O)C2)c(C)c1. The van der Waals surface area contributed by atoms with Crippen molar-refractivity contribution in [2.75, 3.05) is 39.8 Å². The summed E-state index contributed by atoms with van der Waals surface area (Å²) in [6.07, 6.45) is -0.168. The number of nitrogens with zero attached hydrogens (tertiary/aromatic N) is 2. The normalized spacial score (nSPS) is 18.0. The summed E-state index contributed by atoms with van der Waals surface area (Å²) in [5.41, 5.74) is 3.89. The Bertz CT molecular complexity index is 606. The van der Waals surface area contributed by atoms with E-state index in [1.807, 2.05) is 37.8 Å². The van der Waals surface area contributed by atoms with E-state index in [1.165, 1.54) is 0 Å². The summed E-state index contributed by atoms with van der Waals surface area (Å²) < 4.78 is 5.70. The van der Waals surface area contributed by atoms with E-state index in [9.17, 15) is 9.59 Å². The third-order valence-corrected chi connectivity index (χ3v) is 4.24. The number of carbonyl (C=O) groups is 2. The van der Waals surface area contributed by atoms with E-state index >= 15 is 0 Å². The van der Waals surface area contributed by atoms with Crippen LogP contribution in [-0.2, 0) is 9.53 Å². The molecule has 0 aliphatic carbocycles. The van der Waals surface area contributed by atoms with Crippen molar-refractivity contribution in [1.82, 2.24) is 9.80 Å². The Morgan fingerprint density at radius 1 is 1.29 bits per heavy atom. The van der Waals surface area contributed by atoms with E-state index in [-0.39, 0.29) is 18.6 Å². The fourth-order valence-corrected chi connectivity index (χ4v) is 3.33. The van der Waals surface area contributed by atoms with Crippen LogP contribution in [-0.4, -0.2) is 72.7 Å². The smallest absolute Gasteiger partial charge is 0.317 e. The number of carboxylic acids is 1. The first-order valence-electron chi connectivity index (χ1n) is 8.17. The number of aliphatic carboxylic acids is 1. The van der Waals surface area contributed by atoms with Crippen molar-refractivity contribution in [3.63, 3.8) is 0 Å². The molecule has 6 nitrogen and oxygen atoms in total. The minimum atomic E-state index is -0.868. The van der Waals surface area contributed by atoms with Gasteiger partial charge in [-0.25, -0.2) is 0 Å². The van der Waals surface area contributed by atoms with Gasteiger partial charge in [0.05, 0.1) is 19.3 Å². The van der Waals surface area contributed by atoms with E-state index in [0.29, 0.717) is 26.2 Å². The van der Waals surface area contributed by atoms with Gasteiger partial charge in [0.2, 0.25) is 0 Å². The summed E-state index contributed by atoms with van der Waals surface area (Å²) in [6, 6.07) is 4.05. The molecule has 0 radical (unpaired) electrons. The molecule has 0 spiro atoms. The van der Waals surface area contributed by atoms with Crippen LogP contribution < -0.4 is 0 Å². The number of amides is 1. The van der Waals surface area contributed by atoms with Crippen LogP contribution in [0.4, 0.5) is 0 Å². The lowest BCUT2D eigenvalue weighted by molar-refractivity contribution is -0.138. The maximum atomic E-state index is 12.9. The Morgan fingerprint density at radius 3 is 2.50 bits per heavy atom. The van der Waals surface area contributed by atoms with Gasteiger partial charge >= 0.3 is 5.97 Å². The fourth-order valence-electron chi connectivity index (χ4n) is 3.33. The number of carboxylic acid groups (broad SMARTS) is 1. The molecule has 1 aliphatic heterocycles. The molecule has 24 heavy (non-hydrogen) atoms. The highest BCUT2D eigenvalue weighted by molar-refractivity contribution is 5.97. The first-order chi connectivity index (χ1) is 11.3. The van der Waals surface area contributed by atoms with Gasteiger partial charge in [-0.05, 0) is 38.9 Å². The van der Waals surface area contributed by atoms with Gasteiger partial charge in [0, 0.05) is 25.2 Å². The lowest BCUT2D eigenvalue weighted by Gasteiger charge is -2.35. The van der Waals surface area contributed by atoms with E-state index in [1.54, 1.807) is 11.9 Å². The number of aryl methyl sites for hydroxylation is 3. The third-order valence-electron chi connectivity index (χ3n) is 4.24. The second kappa shape index (κ2) is 7.77. The summed E-state index contributed by atoms with van der Waals surface area (Å²) in [5.74, 6) is -0.841. The topological polar surface area (TPSA) is 70.1 Å². The summed E-state index contributed by atoms with van der Waals surface area (Å²) >= 11 is 0. The van der Waals surface area contributed by atoms with Gasteiger partial charge in [0.15, 0.2) is 0 Å². The van der Waals surface area contributed by atoms with Gasteiger partial charge in [0.25, 0.3) is 5.91 Å². The summed E-state index contributed by atoms with van der Waals surface area (Å²) in [5, 5.41) is 8.84. The number of carbonyl (C=O) groups excluding carboxylic acids is 1. The van der Waals surface area contributed by atoms with Crippen molar-refractivity contribution < 1.29 is 19.4 Å². The van der Waals surface area contributed by atoms with Crippen molar-refractivity contribution in [3.8, 4) is 0 Å². The minimum absolute atomic E-state index is 0.0270. The quantitative estimate of drug-likeness (QED) is 0.883. The number of benzene rings is 1. The molecule has 1 aliphatic rings. The van der Waals surface area contributed by atoms with Crippen LogP contribution in [0.1, 0.15) is 27.0 Å². The lowest BCUT2D eigenvalue weighted by atomic mass is 9.98. The maximum absolute atomic E-state index is 12.9. The predicted octanol–water partition coefficient (Wildman–Crippen LogP) is 1.47. The van der Waals surface area contributed by atoms with Crippen molar-refractivity contribution in [3.05, 3.63) is 34.4 Å². The van der Waals surface area contributed by atoms with Crippen molar-refractivity contribution in [2.24, 2.45) is 0 Å². The number of likely N-dealkylation sites (N-methyl/N-ethyl adjacent to an activating group) is 1. The average Bonchev–Trinajstić information content (AvgIpc) is 2.45. The number of morpholine rings is 1. The van der Waals surface area contributed by atoms with Gasteiger partial charge in [0.1, 0.15) is 0 Å². The Kier molecular flexibility index (Phi) is 5.96. The molecular formula is C18H26N2O4. The van der Waals surface area contributed by atoms with Crippen LogP contribution in [0.3, 0.4) is 0 Å². The maximum Gasteiger partial charge on any atom is 0.317 e. The minimum Gasteiger partial charge on any atom is -0.480 e. The molecule has 132 valence electrons. The zero-order valence-corrected chi connectivity index (χ0v) is 14.8. The molecule has 1 saturated heterocycles. The molecule has 2 rings (SSSR count). The largest absolute Gasteiger partial charge is 0.480 e. The molecule has 1 heterocycles. The van der Waals surface area contributed by atoms with Crippen LogP contribution >= 0.6 is 0 Å². The molecule has 1 unspecified atom stereocenters. The zero-order chi connectivity index (χ0) is 17.9. The molecule has 1 atom stereocenters. The van der Waals surface area contributed by atoms with Crippen molar-refractivity contribution >= 4 is 11.9 Å². The molecular weight excluding hydrogens is 308 g/mol. The first-order valence-corrected chi connectivity index (χ1v) is 8.17. The summed E-state index contributed by atoms with van der Waals surface area (Å²) in [7, 11) is 1.74. The van der Waals surface area contributed by atoms with E-state index in [0.717, 1.165) is 22.3 Å². The molecule has 1 fully saturated rings. The Morgan fingerprint density at radius 2 is 1.92 bits per heavy atom. The third kappa shape index (κ3) is 4.55. The van der Waals surface area contributed by atoms with Crippen LogP contribution in [0.2, 0.25) is 0 Å². The van der Waals surface area contributed by atoms with E-state index < -0.39 is 5.97 Å². The van der Waals surface area contributed by atoms with Gasteiger partial charge in [-0.1, -0.05) is 17.7 Å². The van der Waals surface area contributed by atoms with Crippen molar-refractivity contribution in [1.29, 1.82) is 0 Å². The van der Waals surface area contributed by atoms with Gasteiger partial charge in [-0.15, -0.1) is 0 Å². The molecule has 0 aromatic heterocycles. The molecule has 1 N–H and O–H groups in total. The molecule has 0 saturated carbocycles. The van der Waals surface area contributed by atoms with E-state index in [2.05, 4.69) is 0 Å². The second-order valence-electron chi connectivity index (χ2n) is 6.61. The summed E-state index contributed by atoms with van der Waals surface area (Å²) in [4.78, 5) is 27.2. The average molecular weight is 334 g/mol. The number of rotatable bonds is 5. The predicted molar refractivity (Wildman–Crippen MR) is 91.4 cm³/mol. The monoisotopic (exact) mass is 334 g/mol. The summed E-state index contributed by atoms with van der Waals surface area (Å²) in [6.45, 7) is 7.92. The highest BCUT2D eigenvalue weighted by atomic mass is 16.5. The van der Waals surface area contributed by atoms with Gasteiger partial charge in [-0.2, -0.15) is 0 Å². The highest BCUT2D eigenvalue weighted by Crippen LogP contribution is 2.20. The second-order valence-corrected chi connectivity index (χ2v) is 6.61. The van der Waals surface area contributed by atoms with Gasteiger partial charge < -0.3 is 14.7 Å². The molecule has 6 heteroatoms. The van der Waals surface area contributed by atoms with Crippen LogP contribution in [0.5, 0.6) is 0 Å². The Hall–Kier alpha value is -1.92. The zero-order valence-electron chi connectivity index (χ0n) is 14.8. The Balaban J connectivity index is 2.07. The first kappa shape index (κ1) is 18.4. The van der Waals surface area contributed by atoms with Gasteiger partial charge in [-0.3, -0.25) is 14.5 Å². The number of hydrogen-bond donors (Lipinski definition) is 1. The van der Waals surface area contributed by atoms with Crippen LogP contribution in [0, 0.1) is 20.8 Å².